The molecule has 0 unspecified atom stereocenters. The zero-order chi connectivity index (χ0) is 13.2. The molecule has 0 aliphatic carbocycles. The van der Waals surface area contributed by atoms with E-state index in [1.54, 1.807) is 0 Å². The second kappa shape index (κ2) is 4.43. The summed E-state index contributed by atoms with van der Waals surface area (Å²) in [5.74, 6) is -0.663. The summed E-state index contributed by atoms with van der Waals surface area (Å²) in [4.78, 5) is 18.3. The number of anilines is 1. The van der Waals surface area contributed by atoms with Gasteiger partial charge in [0.2, 0.25) is 5.82 Å². The molecule has 2 N–H and O–H groups in total. The Morgan fingerprint density at radius 3 is 2.56 bits per heavy atom. The Balaban J connectivity index is 2.09. The molecule has 0 saturated carbocycles. The third kappa shape index (κ3) is 2.62. The summed E-state index contributed by atoms with van der Waals surface area (Å²) in [6.07, 6.45) is -2.45. The van der Waals surface area contributed by atoms with E-state index in [4.69, 9.17) is 0 Å². The van der Waals surface area contributed by atoms with Crippen LogP contribution in [0.3, 0.4) is 0 Å². The lowest BCUT2D eigenvalue weighted by molar-refractivity contribution is -0.141. The summed E-state index contributed by atoms with van der Waals surface area (Å²) >= 11 is 0. The lowest BCUT2D eigenvalue weighted by atomic mass is 10.3. The van der Waals surface area contributed by atoms with Gasteiger partial charge in [-0.25, -0.2) is 9.97 Å². The number of nitrogens with zero attached hydrogens (tertiary/aromatic N) is 3. The maximum atomic E-state index is 12.2. The first-order valence-electron chi connectivity index (χ1n) is 4.67. The predicted molar refractivity (Wildman–Crippen MR) is 53.6 cm³/mol. The molecule has 0 bridgehead atoms. The summed E-state index contributed by atoms with van der Waals surface area (Å²) < 4.78 is 36.7. The Hall–Kier alpha value is -2.45. The number of rotatable bonds is 2. The summed E-state index contributed by atoms with van der Waals surface area (Å²) in [6, 6.07) is 1.88. The van der Waals surface area contributed by atoms with Gasteiger partial charge in [-0.3, -0.25) is 9.89 Å². The van der Waals surface area contributed by atoms with Crippen LogP contribution < -0.4 is 5.32 Å². The molecule has 0 atom stereocenters. The molecular weight excluding hydrogens is 251 g/mol. The second-order valence-corrected chi connectivity index (χ2v) is 3.22. The van der Waals surface area contributed by atoms with Crippen molar-refractivity contribution in [2.24, 2.45) is 0 Å². The zero-order valence-corrected chi connectivity index (χ0v) is 8.69. The molecule has 0 spiro atoms. The Morgan fingerprint density at radius 2 is 2.06 bits per heavy atom. The molecule has 2 heterocycles. The molecule has 18 heavy (non-hydrogen) atoms. The van der Waals surface area contributed by atoms with Crippen molar-refractivity contribution < 1.29 is 18.0 Å². The average molecular weight is 257 g/mol. The maximum Gasteiger partial charge on any atom is 0.433 e. The van der Waals surface area contributed by atoms with Crippen LogP contribution in [-0.4, -0.2) is 26.1 Å². The van der Waals surface area contributed by atoms with Gasteiger partial charge in [0.15, 0.2) is 0 Å². The number of aromatic nitrogens is 4. The van der Waals surface area contributed by atoms with Crippen molar-refractivity contribution in [2.45, 2.75) is 6.18 Å². The molecule has 2 rings (SSSR count). The van der Waals surface area contributed by atoms with Crippen LogP contribution in [0.5, 0.6) is 0 Å². The van der Waals surface area contributed by atoms with Crippen LogP contribution in [0.2, 0.25) is 0 Å². The monoisotopic (exact) mass is 257 g/mol. The molecule has 9 heteroatoms. The van der Waals surface area contributed by atoms with E-state index in [2.05, 4.69) is 25.5 Å². The molecule has 0 aliphatic rings. The minimum absolute atomic E-state index is 0.0464. The molecule has 0 aromatic carbocycles. The summed E-state index contributed by atoms with van der Waals surface area (Å²) in [5, 5.41) is 8.11. The van der Waals surface area contributed by atoms with Crippen molar-refractivity contribution in [1.82, 2.24) is 20.2 Å². The standard InChI is InChI=1S/C9H6F3N5O/c10-9(11,12)6-2-1-5(3-13-6)16-8(18)7-14-4-15-17-7/h1-4H,(H,16,18)(H,14,15,17). The molecule has 2 aromatic heterocycles. The number of aromatic amines is 1. The molecule has 1 amide bonds. The lowest BCUT2D eigenvalue weighted by Gasteiger charge is -2.06. The van der Waals surface area contributed by atoms with E-state index < -0.39 is 17.8 Å². The van der Waals surface area contributed by atoms with Crippen LogP contribution >= 0.6 is 0 Å². The molecule has 0 saturated heterocycles. The fourth-order valence-electron chi connectivity index (χ4n) is 1.14. The fourth-order valence-corrected chi connectivity index (χ4v) is 1.14. The van der Waals surface area contributed by atoms with Crippen molar-refractivity contribution in [2.75, 3.05) is 5.32 Å². The Morgan fingerprint density at radius 1 is 1.28 bits per heavy atom. The fraction of sp³-hybridized carbons (Fsp3) is 0.111. The third-order valence-corrected chi connectivity index (χ3v) is 1.94. The first-order chi connectivity index (χ1) is 8.47. The Bertz CT molecular complexity index is 534. The largest absolute Gasteiger partial charge is 0.433 e. The Labute approximate surface area is 98.3 Å². The van der Waals surface area contributed by atoms with Gasteiger partial charge in [0.1, 0.15) is 12.0 Å². The van der Waals surface area contributed by atoms with Crippen LogP contribution in [-0.2, 0) is 6.18 Å². The number of hydrogen-bond donors (Lipinski definition) is 2. The molecule has 94 valence electrons. The van der Waals surface area contributed by atoms with Gasteiger partial charge in [0.25, 0.3) is 5.91 Å². The predicted octanol–water partition coefficient (Wildman–Crippen LogP) is 1.47. The van der Waals surface area contributed by atoms with Gasteiger partial charge >= 0.3 is 6.18 Å². The smallest absolute Gasteiger partial charge is 0.318 e. The summed E-state index contributed by atoms with van der Waals surface area (Å²) in [6.45, 7) is 0. The quantitative estimate of drug-likeness (QED) is 0.853. The topological polar surface area (TPSA) is 83.6 Å². The van der Waals surface area contributed by atoms with E-state index in [0.29, 0.717) is 0 Å². The number of carbonyl (C=O) groups excluding carboxylic acids is 1. The highest BCUT2D eigenvalue weighted by Gasteiger charge is 2.32. The van der Waals surface area contributed by atoms with Crippen LogP contribution in [0.1, 0.15) is 16.3 Å². The third-order valence-electron chi connectivity index (χ3n) is 1.94. The number of alkyl halides is 3. The molecule has 0 radical (unpaired) electrons. The van der Waals surface area contributed by atoms with Gasteiger partial charge in [0, 0.05) is 0 Å². The normalized spacial score (nSPS) is 11.3. The van der Waals surface area contributed by atoms with Gasteiger partial charge in [0.05, 0.1) is 11.9 Å². The van der Waals surface area contributed by atoms with E-state index >= 15 is 0 Å². The number of H-pyrrole nitrogens is 1. The van der Waals surface area contributed by atoms with Gasteiger partial charge < -0.3 is 5.32 Å². The van der Waals surface area contributed by atoms with Crippen LogP contribution in [0, 0.1) is 0 Å². The number of hydrogen-bond acceptors (Lipinski definition) is 4. The second-order valence-electron chi connectivity index (χ2n) is 3.22. The van der Waals surface area contributed by atoms with E-state index in [1.165, 1.54) is 0 Å². The first-order valence-corrected chi connectivity index (χ1v) is 4.67. The van der Waals surface area contributed by atoms with Crippen molar-refractivity contribution in [1.29, 1.82) is 0 Å². The highest BCUT2D eigenvalue weighted by atomic mass is 19.4. The summed E-state index contributed by atoms with van der Waals surface area (Å²) in [7, 11) is 0. The zero-order valence-electron chi connectivity index (χ0n) is 8.69. The van der Waals surface area contributed by atoms with Crippen LogP contribution in [0.4, 0.5) is 18.9 Å². The van der Waals surface area contributed by atoms with Gasteiger partial charge in [-0.2, -0.15) is 18.3 Å². The Kier molecular flexibility index (Phi) is 2.96. The van der Waals surface area contributed by atoms with E-state index in [0.717, 1.165) is 24.7 Å². The van der Waals surface area contributed by atoms with Crippen molar-refractivity contribution in [3.63, 3.8) is 0 Å². The highest BCUT2D eigenvalue weighted by molar-refractivity contribution is 6.01. The molecule has 6 nitrogen and oxygen atoms in total. The van der Waals surface area contributed by atoms with Crippen molar-refractivity contribution in [3.8, 4) is 0 Å². The lowest BCUT2D eigenvalue weighted by Crippen LogP contribution is -2.14. The number of amides is 1. The number of carbonyl (C=O) groups is 1. The number of nitrogens with one attached hydrogen (secondary N) is 2. The van der Waals surface area contributed by atoms with Gasteiger partial charge in [-0.15, -0.1) is 0 Å². The molecule has 0 fully saturated rings. The summed E-state index contributed by atoms with van der Waals surface area (Å²) in [5.41, 5.74) is -0.899. The van der Waals surface area contributed by atoms with E-state index in [-0.39, 0.29) is 11.5 Å². The molecule has 2 aromatic rings. The average Bonchev–Trinajstić information content (AvgIpc) is 2.82. The molecular formula is C9H6F3N5O. The SMILES string of the molecule is O=C(Nc1ccc(C(F)(F)F)nc1)c1ncn[nH]1. The minimum atomic E-state index is -4.51. The molecule has 0 aliphatic heterocycles. The van der Waals surface area contributed by atoms with Crippen LogP contribution in [0.25, 0.3) is 0 Å². The number of pyridine rings is 1. The highest BCUT2D eigenvalue weighted by Crippen LogP contribution is 2.27. The van der Waals surface area contributed by atoms with E-state index in [9.17, 15) is 18.0 Å². The van der Waals surface area contributed by atoms with Crippen LogP contribution in [0.15, 0.2) is 24.7 Å². The van der Waals surface area contributed by atoms with E-state index in [1.807, 2.05) is 0 Å². The number of halogens is 3. The van der Waals surface area contributed by atoms with Crippen molar-refractivity contribution >= 4 is 11.6 Å². The first kappa shape index (κ1) is 12.0. The van der Waals surface area contributed by atoms with Gasteiger partial charge in [-0.05, 0) is 12.1 Å². The minimum Gasteiger partial charge on any atom is -0.318 e. The van der Waals surface area contributed by atoms with Crippen molar-refractivity contribution in [3.05, 3.63) is 36.2 Å². The maximum absolute atomic E-state index is 12.2. The van der Waals surface area contributed by atoms with Gasteiger partial charge in [-0.1, -0.05) is 0 Å².